The van der Waals surface area contributed by atoms with Gasteiger partial charge in [0.15, 0.2) is 0 Å². The maximum absolute atomic E-state index is 12.0. The Morgan fingerprint density at radius 3 is 2.78 bits per heavy atom. The average Bonchev–Trinajstić information content (AvgIpc) is 3.09. The SMILES string of the molecule is Nc1nnc(NC(=O)C2CC2c2ccccc2)s1. The van der Waals surface area contributed by atoms with Crippen LogP contribution in [-0.4, -0.2) is 16.1 Å². The van der Waals surface area contributed by atoms with Crippen LogP contribution in [0.15, 0.2) is 30.3 Å². The topological polar surface area (TPSA) is 80.9 Å². The van der Waals surface area contributed by atoms with Crippen LogP contribution >= 0.6 is 11.3 Å². The summed E-state index contributed by atoms with van der Waals surface area (Å²) in [6.07, 6.45) is 0.893. The number of nitrogens with one attached hydrogen (secondary N) is 1. The molecular weight excluding hydrogens is 248 g/mol. The molecule has 1 amide bonds. The molecule has 5 nitrogen and oxygen atoms in total. The molecule has 1 fully saturated rings. The Kier molecular flexibility index (Phi) is 2.71. The maximum atomic E-state index is 12.0. The third-order valence-electron chi connectivity index (χ3n) is 3.03. The Labute approximate surface area is 108 Å². The molecule has 2 aromatic rings. The molecule has 1 saturated carbocycles. The number of amides is 1. The van der Waals surface area contributed by atoms with E-state index >= 15 is 0 Å². The van der Waals surface area contributed by atoms with Crippen LogP contribution in [0.1, 0.15) is 17.9 Å². The lowest BCUT2D eigenvalue weighted by Gasteiger charge is -2.00. The molecule has 1 aliphatic rings. The Bertz CT molecular complexity index is 568. The fourth-order valence-corrected chi connectivity index (χ4v) is 2.55. The van der Waals surface area contributed by atoms with E-state index in [1.54, 1.807) is 0 Å². The molecule has 3 N–H and O–H groups in total. The molecule has 2 atom stereocenters. The van der Waals surface area contributed by atoms with Gasteiger partial charge in [-0.2, -0.15) is 0 Å². The van der Waals surface area contributed by atoms with E-state index in [2.05, 4.69) is 27.6 Å². The Balaban J connectivity index is 1.63. The van der Waals surface area contributed by atoms with Crippen LogP contribution in [0.25, 0.3) is 0 Å². The van der Waals surface area contributed by atoms with Gasteiger partial charge >= 0.3 is 0 Å². The van der Waals surface area contributed by atoms with Gasteiger partial charge in [0.1, 0.15) is 0 Å². The second-order valence-electron chi connectivity index (χ2n) is 4.29. The summed E-state index contributed by atoms with van der Waals surface area (Å²) in [5.74, 6) is 0.369. The van der Waals surface area contributed by atoms with E-state index in [9.17, 15) is 4.79 Å². The van der Waals surface area contributed by atoms with Crippen LogP contribution in [-0.2, 0) is 4.79 Å². The number of aromatic nitrogens is 2. The van der Waals surface area contributed by atoms with Gasteiger partial charge in [-0.05, 0) is 17.9 Å². The molecule has 6 heteroatoms. The summed E-state index contributed by atoms with van der Waals surface area (Å²) >= 11 is 1.18. The van der Waals surface area contributed by atoms with Crippen LogP contribution in [0, 0.1) is 5.92 Å². The number of rotatable bonds is 3. The van der Waals surface area contributed by atoms with Gasteiger partial charge in [0.2, 0.25) is 16.2 Å². The first-order valence-corrected chi connectivity index (χ1v) is 6.50. The molecule has 0 spiro atoms. The minimum atomic E-state index is 0.00000283. The number of hydrogen-bond acceptors (Lipinski definition) is 5. The predicted octanol–water partition coefficient (Wildman–Crippen LogP) is 1.86. The number of nitrogens with two attached hydrogens (primary N) is 1. The summed E-state index contributed by atoms with van der Waals surface area (Å²) < 4.78 is 0. The van der Waals surface area contributed by atoms with Crippen molar-refractivity contribution in [2.24, 2.45) is 5.92 Å². The van der Waals surface area contributed by atoms with Crippen molar-refractivity contribution in [2.75, 3.05) is 11.1 Å². The minimum Gasteiger partial charge on any atom is -0.374 e. The fourth-order valence-electron chi connectivity index (χ4n) is 2.04. The van der Waals surface area contributed by atoms with Gasteiger partial charge in [0.25, 0.3) is 0 Å². The molecule has 1 aromatic heterocycles. The highest BCUT2D eigenvalue weighted by Crippen LogP contribution is 2.47. The van der Waals surface area contributed by atoms with Crippen molar-refractivity contribution in [1.29, 1.82) is 0 Å². The van der Waals surface area contributed by atoms with Gasteiger partial charge in [-0.15, -0.1) is 10.2 Å². The van der Waals surface area contributed by atoms with Crippen LogP contribution in [0.2, 0.25) is 0 Å². The summed E-state index contributed by atoms with van der Waals surface area (Å²) in [4.78, 5) is 12.0. The Morgan fingerprint density at radius 2 is 2.11 bits per heavy atom. The maximum Gasteiger partial charge on any atom is 0.229 e. The zero-order chi connectivity index (χ0) is 12.5. The van der Waals surface area contributed by atoms with Crippen molar-refractivity contribution in [3.63, 3.8) is 0 Å². The molecule has 1 aliphatic carbocycles. The minimum absolute atomic E-state index is 0.00000283. The van der Waals surface area contributed by atoms with Crippen LogP contribution < -0.4 is 11.1 Å². The summed E-state index contributed by atoms with van der Waals surface area (Å²) in [6, 6.07) is 10.1. The lowest BCUT2D eigenvalue weighted by Crippen LogP contribution is -2.14. The highest BCUT2D eigenvalue weighted by molar-refractivity contribution is 7.18. The number of nitrogen functional groups attached to an aromatic ring is 1. The highest BCUT2D eigenvalue weighted by atomic mass is 32.1. The lowest BCUT2D eigenvalue weighted by molar-refractivity contribution is -0.117. The summed E-state index contributed by atoms with van der Waals surface area (Å²) in [6.45, 7) is 0. The molecule has 92 valence electrons. The largest absolute Gasteiger partial charge is 0.374 e. The van der Waals surface area contributed by atoms with E-state index in [1.807, 2.05) is 18.2 Å². The average molecular weight is 260 g/mol. The van der Waals surface area contributed by atoms with Gasteiger partial charge in [-0.1, -0.05) is 41.7 Å². The van der Waals surface area contributed by atoms with E-state index in [0.29, 0.717) is 16.2 Å². The zero-order valence-electron chi connectivity index (χ0n) is 9.54. The molecule has 2 unspecified atom stereocenters. The number of benzene rings is 1. The number of anilines is 2. The van der Waals surface area contributed by atoms with Gasteiger partial charge in [-0.25, -0.2) is 0 Å². The number of carbonyl (C=O) groups is 1. The van der Waals surface area contributed by atoms with E-state index in [1.165, 1.54) is 16.9 Å². The molecule has 1 aromatic carbocycles. The first-order chi connectivity index (χ1) is 8.74. The smallest absolute Gasteiger partial charge is 0.229 e. The first kappa shape index (κ1) is 11.2. The summed E-state index contributed by atoms with van der Waals surface area (Å²) in [7, 11) is 0. The number of carbonyl (C=O) groups excluding carboxylic acids is 1. The molecule has 0 bridgehead atoms. The zero-order valence-corrected chi connectivity index (χ0v) is 10.4. The predicted molar refractivity (Wildman–Crippen MR) is 70.2 cm³/mol. The van der Waals surface area contributed by atoms with Crippen molar-refractivity contribution < 1.29 is 4.79 Å². The monoisotopic (exact) mass is 260 g/mol. The van der Waals surface area contributed by atoms with Crippen LogP contribution in [0.3, 0.4) is 0 Å². The van der Waals surface area contributed by atoms with Gasteiger partial charge in [0.05, 0.1) is 0 Å². The molecular formula is C12H12N4OS. The molecule has 3 rings (SSSR count). The Morgan fingerprint density at radius 1 is 1.33 bits per heavy atom. The second-order valence-corrected chi connectivity index (χ2v) is 5.30. The van der Waals surface area contributed by atoms with Crippen molar-refractivity contribution >= 4 is 27.5 Å². The lowest BCUT2D eigenvalue weighted by atomic mass is 10.1. The van der Waals surface area contributed by atoms with E-state index in [0.717, 1.165) is 6.42 Å². The molecule has 0 saturated heterocycles. The quantitative estimate of drug-likeness (QED) is 0.882. The van der Waals surface area contributed by atoms with Crippen molar-refractivity contribution in [3.8, 4) is 0 Å². The summed E-state index contributed by atoms with van der Waals surface area (Å²) in [5, 5.41) is 11.0. The third kappa shape index (κ3) is 2.19. The molecule has 0 radical (unpaired) electrons. The van der Waals surface area contributed by atoms with Crippen molar-refractivity contribution in [1.82, 2.24) is 10.2 Å². The van der Waals surface area contributed by atoms with Gasteiger partial charge < -0.3 is 11.1 Å². The standard InChI is InChI=1S/C12H12N4OS/c13-11-15-16-12(18-11)14-10(17)9-6-8(9)7-4-2-1-3-5-7/h1-5,8-9H,6H2,(H2,13,15)(H,14,16,17). The number of nitrogens with zero attached hydrogens (tertiary/aromatic N) is 2. The van der Waals surface area contributed by atoms with Crippen LogP contribution in [0.4, 0.5) is 10.3 Å². The molecule has 1 heterocycles. The van der Waals surface area contributed by atoms with Crippen molar-refractivity contribution in [2.45, 2.75) is 12.3 Å². The van der Waals surface area contributed by atoms with E-state index < -0.39 is 0 Å². The van der Waals surface area contributed by atoms with E-state index in [-0.39, 0.29) is 11.8 Å². The van der Waals surface area contributed by atoms with Gasteiger partial charge in [-0.3, -0.25) is 4.79 Å². The molecule has 18 heavy (non-hydrogen) atoms. The Hall–Kier alpha value is -1.95. The summed E-state index contributed by atoms with van der Waals surface area (Å²) in [5.41, 5.74) is 6.68. The van der Waals surface area contributed by atoms with Crippen LogP contribution in [0.5, 0.6) is 0 Å². The van der Waals surface area contributed by atoms with Crippen molar-refractivity contribution in [3.05, 3.63) is 35.9 Å². The normalized spacial score (nSPS) is 21.6. The molecule has 0 aliphatic heterocycles. The first-order valence-electron chi connectivity index (χ1n) is 5.69. The third-order valence-corrected chi connectivity index (χ3v) is 3.69. The number of hydrogen-bond donors (Lipinski definition) is 2. The van der Waals surface area contributed by atoms with E-state index in [4.69, 9.17) is 5.73 Å². The fraction of sp³-hybridized carbons (Fsp3) is 0.250. The van der Waals surface area contributed by atoms with Gasteiger partial charge in [0, 0.05) is 5.92 Å². The second kappa shape index (κ2) is 4.38. The highest BCUT2D eigenvalue weighted by Gasteiger charge is 2.44.